The summed E-state index contributed by atoms with van der Waals surface area (Å²) >= 11 is 1.25. The lowest BCUT2D eigenvalue weighted by molar-refractivity contribution is -0.130. The Bertz CT molecular complexity index is 877. The molecule has 1 atom stereocenters. The summed E-state index contributed by atoms with van der Waals surface area (Å²) in [4.78, 5) is 27.6. The maximum absolute atomic E-state index is 13.0. The molecule has 0 bridgehead atoms. The number of hydrogen-bond acceptors (Lipinski definition) is 7. The number of hydrogen-bond donors (Lipinski definition) is 2. The number of aliphatic hydroxyl groups is 2. The van der Waals surface area contributed by atoms with Crippen molar-refractivity contribution >= 4 is 23.0 Å². The van der Waals surface area contributed by atoms with E-state index in [1.165, 1.54) is 23.3 Å². The van der Waals surface area contributed by atoms with Gasteiger partial charge in [0.2, 0.25) is 5.78 Å². The van der Waals surface area contributed by atoms with Crippen molar-refractivity contribution in [3.8, 4) is 5.75 Å². The lowest BCUT2D eigenvalue weighted by atomic mass is 9.95. The Morgan fingerprint density at radius 2 is 2.07 bits per heavy atom. The van der Waals surface area contributed by atoms with Crippen molar-refractivity contribution in [2.24, 2.45) is 0 Å². The molecule has 3 rings (SSSR count). The van der Waals surface area contributed by atoms with Crippen molar-refractivity contribution in [2.45, 2.75) is 6.04 Å². The van der Waals surface area contributed by atoms with Crippen LogP contribution in [0.3, 0.4) is 0 Å². The number of methoxy groups -OCH3 is 1. The molecular formula is C20H21NO6S. The van der Waals surface area contributed by atoms with E-state index in [-0.39, 0.29) is 37.7 Å². The maximum Gasteiger partial charge on any atom is 0.290 e. The fourth-order valence-corrected chi connectivity index (χ4v) is 3.82. The van der Waals surface area contributed by atoms with E-state index in [1.807, 2.05) is 0 Å². The van der Waals surface area contributed by atoms with Crippen molar-refractivity contribution in [2.75, 3.05) is 33.5 Å². The lowest BCUT2D eigenvalue weighted by Gasteiger charge is -2.27. The van der Waals surface area contributed by atoms with Gasteiger partial charge in [0.15, 0.2) is 5.76 Å². The molecule has 0 fully saturated rings. The van der Waals surface area contributed by atoms with E-state index in [9.17, 15) is 14.7 Å². The number of carbonyl (C=O) groups is 2. The fourth-order valence-electron chi connectivity index (χ4n) is 3.14. The van der Waals surface area contributed by atoms with Gasteiger partial charge in [-0.3, -0.25) is 9.59 Å². The molecule has 28 heavy (non-hydrogen) atoms. The highest BCUT2D eigenvalue weighted by atomic mass is 32.1. The highest BCUT2D eigenvalue weighted by Crippen LogP contribution is 2.40. The highest BCUT2D eigenvalue weighted by Gasteiger charge is 2.43. The second-order valence-corrected chi connectivity index (χ2v) is 7.03. The monoisotopic (exact) mass is 403 g/mol. The van der Waals surface area contributed by atoms with Gasteiger partial charge in [0.1, 0.15) is 5.75 Å². The lowest BCUT2D eigenvalue weighted by Crippen LogP contribution is -2.34. The predicted octanol–water partition coefficient (Wildman–Crippen LogP) is 2.34. The first-order valence-corrected chi connectivity index (χ1v) is 9.61. The summed E-state index contributed by atoms with van der Waals surface area (Å²) in [5.41, 5.74) is 0.696. The van der Waals surface area contributed by atoms with Crippen LogP contribution in [0.25, 0.3) is 0 Å². The van der Waals surface area contributed by atoms with Crippen LogP contribution in [-0.4, -0.2) is 60.3 Å². The van der Waals surface area contributed by atoms with Crippen LogP contribution in [-0.2, 0) is 9.53 Å². The Balaban J connectivity index is 1.99. The van der Waals surface area contributed by atoms with E-state index in [4.69, 9.17) is 14.6 Å². The molecule has 8 heteroatoms. The number of Topliss-reactive ketones (excluding diaryl/α,β-unsaturated/α-hetero) is 1. The third-order valence-corrected chi connectivity index (χ3v) is 5.28. The molecule has 1 aliphatic heterocycles. The van der Waals surface area contributed by atoms with Gasteiger partial charge < -0.3 is 24.6 Å². The molecule has 1 aliphatic rings. The van der Waals surface area contributed by atoms with Gasteiger partial charge in [-0.2, -0.15) is 0 Å². The Kier molecular flexibility index (Phi) is 6.45. The topological polar surface area (TPSA) is 96.3 Å². The average molecular weight is 403 g/mol. The highest BCUT2D eigenvalue weighted by molar-refractivity contribution is 7.12. The largest absolute Gasteiger partial charge is 0.503 e. The molecule has 1 unspecified atom stereocenters. The summed E-state index contributed by atoms with van der Waals surface area (Å²) in [6.07, 6.45) is 0. The van der Waals surface area contributed by atoms with Gasteiger partial charge in [0.05, 0.1) is 43.4 Å². The molecular weight excluding hydrogens is 382 g/mol. The number of nitrogens with zero attached hydrogens (tertiary/aromatic N) is 1. The first-order chi connectivity index (χ1) is 13.6. The van der Waals surface area contributed by atoms with Gasteiger partial charge in [-0.15, -0.1) is 11.3 Å². The van der Waals surface area contributed by atoms with Gasteiger partial charge in [-0.05, 0) is 29.1 Å². The fraction of sp³-hybridized carbons (Fsp3) is 0.300. The third kappa shape index (κ3) is 3.94. The number of benzene rings is 1. The summed E-state index contributed by atoms with van der Waals surface area (Å²) in [7, 11) is 1.53. The Morgan fingerprint density at radius 1 is 1.25 bits per heavy atom. The number of ketones is 1. The summed E-state index contributed by atoms with van der Waals surface area (Å²) < 4.78 is 10.5. The molecule has 2 N–H and O–H groups in total. The number of thiophene rings is 1. The third-order valence-electron chi connectivity index (χ3n) is 4.41. The number of rotatable bonds is 9. The molecule has 1 amide bonds. The van der Waals surface area contributed by atoms with E-state index in [2.05, 4.69) is 0 Å². The molecule has 0 radical (unpaired) electrons. The molecule has 0 spiro atoms. The summed E-state index contributed by atoms with van der Waals surface area (Å²) in [6, 6.07) is 9.69. The molecule has 148 valence electrons. The first kappa shape index (κ1) is 20.1. The van der Waals surface area contributed by atoms with Crippen LogP contribution < -0.4 is 4.74 Å². The zero-order valence-electron chi connectivity index (χ0n) is 15.3. The van der Waals surface area contributed by atoms with Gasteiger partial charge in [-0.1, -0.05) is 18.2 Å². The minimum atomic E-state index is -0.755. The van der Waals surface area contributed by atoms with Crippen LogP contribution in [0.4, 0.5) is 0 Å². The maximum atomic E-state index is 13.0. The van der Waals surface area contributed by atoms with Crippen molar-refractivity contribution in [3.05, 3.63) is 63.6 Å². The van der Waals surface area contributed by atoms with Gasteiger partial charge in [0, 0.05) is 6.54 Å². The molecule has 7 nitrogen and oxygen atoms in total. The van der Waals surface area contributed by atoms with E-state index >= 15 is 0 Å². The SMILES string of the molecule is COc1cccc(C2C(C(=O)c3cccs3)=C(O)C(=O)N2CCOCCO)c1. The standard InChI is InChI=1S/C20H21NO6S/c1-26-14-5-2-4-13(12-14)17-16(18(23)15-6-3-11-28-15)19(24)20(25)21(17)7-9-27-10-8-22/h2-6,11-12,17,22,24H,7-10H2,1H3. The van der Waals surface area contributed by atoms with Crippen molar-refractivity contribution in [3.63, 3.8) is 0 Å². The molecule has 0 saturated heterocycles. The Morgan fingerprint density at radius 3 is 2.75 bits per heavy atom. The van der Waals surface area contributed by atoms with Crippen LogP contribution in [0, 0.1) is 0 Å². The smallest absolute Gasteiger partial charge is 0.290 e. The number of aliphatic hydroxyl groups excluding tert-OH is 2. The molecule has 1 aromatic carbocycles. The zero-order chi connectivity index (χ0) is 20.1. The zero-order valence-corrected chi connectivity index (χ0v) is 16.1. The van der Waals surface area contributed by atoms with Crippen LogP contribution in [0.15, 0.2) is 53.1 Å². The van der Waals surface area contributed by atoms with Crippen LogP contribution in [0.1, 0.15) is 21.3 Å². The van der Waals surface area contributed by atoms with Gasteiger partial charge >= 0.3 is 0 Å². The molecule has 2 heterocycles. The molecule has 1 aromatic heterocycles. The first-order valence-electron chi connectivity index (χ1n) is 8.73. The minimum absolute atomic E-state index is 0.0443. The molecule has 0 aliphatic carbocycles. The van der Waals surface area contributed by atoms with Crippen molar-refractivity contribution in [1.82, 2.24) is 4.90 Å². The predicted molar refractivity (Wildman–Crippen MR) is 104 cm³/mol. The second-order valence-electron chi connectivity index (χ2n) is 6.08. The van der Waals surface area contributed by atoms with Crippen molar-refractivity contribution < 1.29 is 29.3 Å². The number of ether oxygens (including phenoxy) is 2. The van der Waals surface area contributed by atoms with E-state index in [0.717, 1.165) is 0 Å². The molecule has 0 saturated carbocycles. The minimum Gasteiger partial charge on any atom is -0.503 e. The second kappa shape index (κ2) is 9.01. The quantitative estimate of drug-likeness (QED) is 0.493. The Labute approximate surface area is 166 Å². The average Bonchev–Trinajstić information content (AvgIpc) is 3.33. The van der Waals surface area contributed by atoms with E-state index in [1.54, 1.807) is 41.8 Å². The molecule has 2 aromatic rings. The van der Waals surface area contributed by atoms with Gasteiger partial charge in [0.25, 0.3) is 5.91 Å². The van der Waals surface area contributed by atoms with E-state index < -0.39 is 17.7 Å². The van der Waals surface area contributed by atoms with Crippen LogP contribution >= 0.6 is 11.3 Å². The normalized spacial score (nSPS) is 16.7. The Hall–Kier alpha value is -2.68. The summed E-state index contributed by atoms with van der Waals surface area (Å²) in [5, 5.41) is 21.1. The van der Waals surface area contributed by atoms with Crippen LogP contribution in [0.5, 0.6) is 5.75 Å². The van der Waals surface area contributed by atoms with E-state index in [0.29, 0.717) is 16.2 Å². The van der Waals surface area contributed by atoms with Crippen LogP contribution in [0.2, 0.25) is 0 Å². The number of amides is 1. The summed E-state index contributed by atoms with van der Waals surface area (Å²) in [6.45, 7) is 0.345. The number of carbonyl (C=O) groups excluding carboxylic acids is 2. The van der Waals surface area contributed by atoms with Crippen molar-refractivity contribution in [1.29, 1.82) is 0 Å². The summed E-state index contributed by atoms with van der Waals surface area (Å²) in [5.74, 6) is -0.975. The van der Waals surface area contributed by atoms with Gasteiger partial charge in [-0.25, -0.2) is 0 Å².